The number of phenolic OH excluding ortho intramolecular Hbond substituents is 1. The highest BCUT2D eigenvalue weighted by molar-refractivity contribution is 6.31. The van der Waals surface area contributed by atoms with E-state index in [4.69, 9.17) is 0 Å². The minimum atomic E-state index is -0.741. The SMILES string of the molecule is Cc1ccc(N2NC(=O)/C(=C\c3cccc([N+](=O)[O-])c3O)C2=O)cc1C. The zero-order chi connectivity index (χ0) is 19.0. The van der Waals surface area contributed by atoms with Gasteiger partial charge in [-0.15, -0.1) is 0 Å². The van der Waals surface area contributed by atoms with Crippen LogP contribution >= 0.6 is 0 Å². The van der Waals surface area contributed by atoms with Crippen molar-refractivity contribution in [1.82, 2.24) is 5.43 Å². The quantitative estimate of drug-likeness (QED) is 0.381. The molecule has 26 heavy (non-hydrogen) atoms. The van der Waals surface area contributed by atoms with Gasteiger partial charge in [-0.05, 0) is 43.2 Å². The molecule has 0 atom stereocenters. The van der Waals surface area contributed by atoms with E-state index in [-0.39, 0.29) is 11.1 Å². The molecule has 2 aromatic rings. The fourth-order valence-electron chi connectivity index (χ4n) is 2.57. The number of aromatic hydroxyl groups is 1. The molecule has 0 saturated carbocycles. The number of phenols is 1. The first-order valence-electron chi connectivity index (χ1n) is 7.70. The summed E-state index contributed by atoms with van der Waals surface area (Å²) in [6.45, 7) is 3.82. The first-order chi connectivity index (χ1) is 12.3. The molecule has 8 heteroatoms. The van der Waals surface area contributed by atoms with Gasteiger partial charge in [0.15, 0.2) is 0 Å². The van der Waals surface area contributed by atoms with Crippen LogP contribution in [0.15, 0.2) is 42.0 Å². The number of carbonyl (C=O) groups is 2. The summed E-state index contributed by atoms with van der Waals surface area (Å²) >= 11 is 0. The average molecular weight is 353 g/mol. The zero-order valence-electron chi connectivity index (χ0n) is 14.0. The van der Waals surface area contributed by atoms with E-state index < -0.39 is 28.2 Å². The van der Waals surface area contributed by atoms with Gasteiger partial charge in [-0.25, -0.2) is 5.01 Å². The van der Waals surface area contributed by atoms with E-state index in [9.17, 15) is 24.8 Å². The van der Waals surface area contributed by atoms with E-state index in [1.807, 2.05) is 19.9 Å². The van der Waals surface area contributed by atoms with Crippen LogP contribution in [-0.2, 0) is 9.59 Å². The van der Waals surface area contributed by atoms with Gasteiger partial charge in [-0.3, -0.25) is 25.1 Å². The fourth-order valence-corrected chi connectivity index (χ4v) is 2.57. The molecule has 0 spiro atoms. The summed E-state index contributed by atoms with van der Waals surface area (Å²) in [5.74, 6) is -1.86. The molecule has 1 aliphatic heterocycles. The molecule has 1 fully saturated rings. The molecule has 1 heterocycles. The van der Waals surface area contributed by atoms with E-state index >= 15 is 0 Å². The summed E-state index contributed by atoms with van der Waals surface area (Å²) in [5.41, 5.74) is 4.24. The van der Waals surface area contributed by atoms with E-state index in [0.29, 0.717) is 5.69 Å². The summed E-state index contributed by atoms with van der Waals surface area (Å²) in [6.07, 6.45) is 1.14. The van der Waals surface area contributed by atoms with Crippen molar-refractivity contribution in [1.29, 1.82) is 0 Å². The van der Waals surface area contributed by atoms with Crippen LogP contribution in [0.5, 0.6) is 5.75 Å². The lowest BCUT2D eigenvalue weighted by Crippen LogP contribution is -2.35. The van der Waals surface area contributed by atoms with Gasteiger partial charge in [0.05, 0.1) is 10.6 Å². The number of nitrogens with one attached hydrogen (secondary N) is 1. The second-order valence-corrected chi connectivity index (χ2v) is 5.88. The summed E-state index contributed by atoms with van der Waals surface area (Å²) < 4.78 is 0. The van der Waals surface area contributed by atoms with Gasteiger partial charge in [0.25, 0.3) is 11.8 Å². The third-order valence-corrected chi connectivity index (χ3v) is 4.18. The smallest absolute Gasteiger partial charge is 0.311 e. The molecule has 2 amide bonds. The highest BCUT2D eigenvalue weighted by Crippen LogP contribution is 2.32. The number of para-hydroxylation sites is 1. The number of nitrogens with zero attached hydrogens (tertiary/aromatic N) is 2. The highest BCUT2D eigenvalue weighted by atomic mass is 16.6. The maximum atomic E-state index is 12.6. The number of anilines is 1. The zero-order valence-corrected chi connectivity index (χ0v) is 14.0. The predicted octanol–water partition coefficient (Wildman–Crippen LogP) is 2.38. The van der Waals surface area contributed by atoms with E-state index in [2.05, 4.69) is 5.43 Å². The Morgan fingerprint density at radius 1 is 1.15 bits per heavy atom. The summed E-state index contributed by atoms with van der Waals surface area (Å²) in [4.78, 5) is 35.0. The molecule has 1 saturated heterocycles. The number of hydrogen-bond donors (Lipinski definition) is 2. The molecule has 1 aliphatic rings. The summed E-state index contributed by atoms with van der Waals surface area (Å²) in [7, 11) is 0. The molecule has 2 N–H and O–H groups in total. The number of aryl methyl sites for hydroxylation is 2. The van der Waals surface area contributed by atoms with Crippen LogP contribution in [0.3, 0.4) is 0 Å². The van der Waals surface area contributed by atoms with Crippen molar-refractivity contribution < 1.29 is 19.6 Å². The Morgan fingerprint density at radius 3 is 2.54 bits per heavy atom. The van der Waals surface area contributed by atoms with Crippen LogP contribution in [-0.4, -0.2) is 21.8 Å². The maximum Gasteiger partial charge on any atom is 0.311 e. The van der Waals surface area contributed by atoms with Gasteiger partial charge in [-0.1, -0.05) is 18.2 Å². The number of benzene rings is 2. The van der Waals surface area contributed by atoms with Gasteiger partial charge in [0, 0.05) is 11.6 Å². The second-order valence-electron chi connectivity index (χ2n) is 5.88. The Labute approximate surface area is 148 Å². The van der Waals surface area contributed by atoms with Crippen molar-refractivity contribution in [3.8, 4) is 5.75 Å². The largest absolute Gasteiger partial charge is 0.502 e. The lowest BCUT2D eigenvalue weighted by molar-refractivity contribution is -0.385. The minimum Gasteiger partial charge on any atom is -0.502 e. The molecule has 0 unspecified atom stereocenters. The van der Waals surface area contributed by atoms with Crippen molar-refractivity contribution in [2.24, 2.45) is 0 Å². The number of rotatable bonds is 3. The number of carbonyl (C=O) groups excluding carboxylic acids is 2. The number of hydrazine groups is 1. The monoisotopic (exact) mass is 353 g/mol. The van der Waals surface area contributed by atoms with Crippen LogP contribution in [0.1, 0.15) is 16.7 Å². The van der Waals surface area contributed by atoms with E-state index in [1.165, 1.54) is 12.1 Å². The number of nitro groups is 1. The Bertz CT molecular complexity index is 981. The standard InChI is InChI=1S/C18H15N3O5/c1-10-6-7-13(8-11(10)2)20-18(24)14(17(23)19-20)9-12-4-3-5-15(16(12)22)21(25)26/h3-9,22H,1-2H3,(H,19,23)/b14-9+. The van der Waals surface area contributed by atoms with Crippen molar-refractivity contribution in [2.75, 3.05) is 5.01 Å². The molecule has 0 aliphatic carbocycles. The third-order valence-electron chi connectivity index (χ3n) is 4.18. The van der Waals surface area contributed by atoms with Gasteiger partial charge >= 0.3 is 5.69 Å². The molecule has 0 radical (unpaired) electrons. The Kier molecular flexibility index (Phi) is 4.17. The molecule has 132 valence electrons. The number of nitro benzene ring substituents is 1. The van der Waals surface area contributed by atoms with E-state index in [1.54, 1.807) is 12.1 Å². The molecule has 0 aromatic heterocycles. The van der Waals surface area contributed by atoms with Gasteiger partial charge in [0.2, 0.25) is 5.75 Å². The average Bonchev–Trinajstić information content (AvgIpc) is 2.87. The maximum absolute atomic E-state index is 12.6. The predicted molar refractivity (Wildman–Crippen MR) is 94.3 cm³/mol. The second kappa shape index (κ2) is 6.32. The molecule has 0 bridgehead atoms. The van der Waals surface area contributed by atoms with Crippen molar-refractivity contribution in [3.63, 3.8) is 0 Å². The van der Waals surface area contributed by atoms with Crippen LogP contribution in [0.4, 0.5) is 11.4 Å². The van der Waals surface area contributed by atoms with Crippen molar-refractivity contribution in [3.05, 3.63) is 68.8 Å². The van der Waals surface area contributed by atoms with E-state index in [0.717, 1.165) is 28.3 Å². The number of amides is 2. The first-order valence-corrected chi connectivity index (χ1v) is 7.70. The molecular formula is C18H15N3O5. The molecule has 2 aromatic carbocycles. The minimum absolute atomic E-state index is 0.0136. The lowest BCUT2D eigenvalue weighted by Gasteiger charge is -2.15. The topological polar surface area (TPSA) is 113 Å². The lowest BCUT2D eigenvalue weighted by atomic mass is 10.1. The van der Waals surface area contributed by atoms with Crippen molar-refractivity contribution in [2.45, 2.75) is 13.8 Å². The normalized spacial score (nSPS) is 15.5. The molecule has 3 rings (SSSR count). The first kappa shape index (κ1) is 17.2. The Balaban J connectivity index is 1.99. The van der Waals surface area contributed by atoms with Gasteiger partial charge in [-0.2, -0.15) is 0 Å². The Morgan fingerprint density at radius 2 is 1.88 bits per heavy atom. The van der Waals surface area contributed by atoms with Gasteiger partial charge < -0.3 is 5.11 Å². The summed E-state index contributed by atoms with van der Waals surface area (Å²) in [6, 6.07) is 9.18. The van der Waals surface area contributed by atoms with Gasteiger partial charge in [0.1, 0.15) is 5.57 Å². The molecular weight excluding hydrogens is 338 g/mol. The summed E-state index contributed by atoms with van der Waals surface area (Å²) in [5, 5.41) is 22.0. The highest BCUT2D eigenvalue weighted by Gasteiger charge is 2.35. The fraction of sp³-hybridized carbons (Fsp3) is 0.111. The molecule has 8 nitrogen and oxygen atoms in total. The third kappa shape index (κ3) is 2.88. The van der Waals surface area contributed by atoms with Crippen LogP contribution in [0.25, 0.3) is 6.08 Å². The van der Waals surface area contributed by atoms with Crippen LogP contribution in [0.2, 0.25) is 0 Å². The number of hydrogen-bond acceptors (Lipinski definition) is 5. The Hall–Kier alpha value is -3.68. The van der Waals surface area contributed by atoms with Crippen LogP contribution < -0.4 is 10.4 Å². The van der Waals surface area contributed by atoms with Crippen molar-refractivity contribution >= 4 is 29.3 Å². The van der Waals surface area contributed by atoms with Crippen LogP contribution in [0, 0.1) is 24.0 Å².